The molecule has 1 heterocycles. The van der Waals surface area contributed by atoms with E-state index in [2.05, 4.69) is 0 Å². The number of hydrogen-bond acceptors (Lipinski definition) is 5. The van der Waals surface area contributed by atoms with E-state index in [0.717, 1.165) is 5.56 Å². The Balaban J connectivity index is 1.89. The smallest absolute Gasteiger partial charge is 0.305 e. The van der Waals surface area contributed by atoms with Crippen LogP contribution in [0.2, 0.25) is 0 Å². The summed E-state index contributed by atoms with van der Waals surface area (Å²) in [6.45, 7) is 2.58. The summed E-state index contributed by atoms with van der Waals surface area (Å²) in [4.78, 5) is 25.8. The van der Waals surface area contributed by atoms with Crippen LogP contribution < -0.4 is 0 Å². The molecule has 24 heavy (non-hydrogen) atoms. The molecule has 6 heteroatoms. The molecular weight excluding hydrogens is 342 g/mol. The average Bonchev–Trinajstić information content (AvgIpc) is 2.84. The van der Waals surface area contributed by atoms with Crippen molar-refractivity contribution >= 4 is 46.3 Å². The maximum absolute atomic E-state index is 12.4. The van der Waals surface area contributed by atoms with Crippen molar-refractivity contribution < 1.29 is 14.3 Å². The van der Waals surface area contributed by atoms with E-state index in [-0.39, 0.29) is 18.3 Å². The lowest BCUT2D eigenvalue weighted by Crippen LogP contribution is -2.29. The van der Waals surface area contributed by atoms with Crippen LogP contribution in [0.1, 0.15) is 25.3 Å². The van der Waals surface area contributed by atoms with E-state index in [1.54, 1.807) is 17.9 Å². The highest BCUT2D eigenvalue weighted by atomic mass is 32.2. The predicted octanol–water partition coefficient (Wildman–Crippen LogP) is 3.79. The van der Waals surface area contributed by atoms with E-state index in [9.17, 15) is 9.59 Å². The molecular formula is C18H19NO3S2. The number of thioether (sulfide) groups is 1. The summed E-state index contributed by atoms with van der Waals surface area (Å²) >= 11 is 6.54. The molecule has 1 fully saturated rings. The average molecular weight is 361 g/mol. The molecule has 0 aliphatic carbocycles. The van der Waals surface area contributed by atoms with Crippen molar-refractivity contribution in [1.82, 2.24) is 4.90 Å². The molecule has 0 N–H and O–H groups in total. The third-order valence-corrected chi connectivity index (χ3v) is 4.67. The Bertz CT molecular complexity index is 668. The van der Waals surface area contributed by atoms with Gasteiger partial charge >= 0.3 is 5.97 Å². The Labute approximate surface area is 151 Å². The number of thiocarbonyl (C=S) groups is 1. The number of carbonyl (C=O) groups excluding carboxylic acids is 2. The molecule has 0 bridgehead atoms. The van der Waals surface area contributed by atoms with Gasteiger partial charge in [-0.3, -0.25) is 14.5 Å². The van der Waals surface area contributed by atoms with Crippen molar-refractivity contribution in [2.45, 2.75) is 19.8 Å². The number of ether oxygens (including phenoxy) is 1. The summed E-state index contributed by atoms with van der Waals surface area (Å²) < 4.78 is 5.41. The molecule has 0 aromatic heterocycles. The van der Waals surface area contributed by atoms with Crippen molar-refractivity contribution in [2.24, 2.45) is 0 Å². The number of hydrogen-bond donors (Lipinski definition) is 0. The molecule has 2 rings (SSSR count). The minimum Gasteiger partial charge on any atom is -0.466 e. The highest BCUT2D eigenvalue weighted by molar-refractivity contribution is 8.26. The van der Waals surface area contributed by atoms with Crippen LogP contribution >= 0.6 is 24.0 Å². The normalized spacial score (nSPS) is 16.4. The van der Waals surface area contributed by atoms with E-state index in [4.69, 9.17) is 17.0 Å². The first-order valence-electron chi connectivity index (χ1n) is 7.74. The second-order valence-corrected chi connectivity index (χ2v) is 6.71. The topological polar surface area (TPSA) is 46.6 Å². The summed E-state index contributed by atoms with van der Waals surface area (Å²) in [6.07, 6.45) is 6.39. The van der Waals surface area contributed by atoms with Gasteiger partial charge in [-0.25, -0.2) is 0 Å². The van der Waals surface area contributed by atoms with Gasteiger partial charge in [0.25, 0.3) is 5.91 Å². The third-order valence-electron chi connectivity index (χ3n) is 3.28. The second kappa shape index (κ2) is 9.39. The fourth-order valence-corrected chi connectivity index (χ4v) is 3.39. The van der Waals surface area contributed by atoms with Crippen LogP contribution in [-0.4, -0.2) is 34.2 Å². The molecule has 0 spiro atoms. The molecule has 0 unspecified atom stereocenters. The number of allylic oxidation sites excluding steroid dienone is 2. The molecule has 4 nitrogen and oxygen atoms in total. The van der Waals surface area contributed by atoms with Gasteiger partial charge in [-0.2, -0.15) is 0 Å². The molecule has 126 valence electrons. The number of amides is 1. The zero-order valence-corrected chi connectivity index (χ0v) is 15.1. The van der Waals surface area contributed by atoms with E-state index >= 15 is 0 Å². The van der Waals surface area contributed by atoms with Gasteiger partial charge in [0.1, 0.15) is 4.32 Å². The van der Waals surface area contributed by atoms with Gasteiger partial charge in [0.05, 0.1) is 11.5 Å². The predicted molar refractivity (Wildman–Crippen MR) is 101 cm³/mol. The SMILES string of the molecule is CCOC(=O)CCCN1C(=O)C(=CC=Cc2ccccc2)SC1=S. The Morgan fingerprint density at radius 1 is 1.33 bits per heavy atom. The molecule has 0 radical (unpaired) electrons. The Hall–Kier alpha value is -1.92. The lowest BCUT2D eigenvalue weighted by Gasteiger charge is -2.13. The third kappa shape index (κ3) is 5.32. The van der Waals surface area contributed by atoms with Gasteiger partial charge in [-0.05, 0) is 25.0 Å². The first kappa shape index (κ1) is 18.4. The van der Waals surface area contributed by atoms with Crippen molar-refractivity contribution in [1.29, 1.82) is 0 Å². The second-order valence-electron chi connectivity index (χ2n) is 5.03. The van der Waals surface area contributed by atoms with Gasteiger partial charge in [0, 0.05) is 13.0 Å². The molecule has 1 aliphatic rings. The highest BCUT2D eigenvalue weighted by Crippen LogP contribution is 2.31. The van der Waals surface area contributed by atoms with Crippen molar-refractivity contribution in [3.8, 4) is 0 Å². The number of carbonyl (C=O) groups is 2. The summed E-state index contributed by atoms with van der Waals surface area (Å²) in [5.41, 5.74) is 1.07. The zero-order chi connectivity index (χ0) is 17.4. The van der Waals surface area contributed by atoms with Gasteiger partial charge in [0.15, 0.2) is 0 Å². The van der Waals surface area contributed by atoms with Gasteiger partial charge in [-0.15, -0.1) is 0 Å². The Morgan fingerprint density at radius 3 is 2.79 bits per heavy atom. The number of rotatable bonds is 7. The summed E-state index contributed by atoms with van der Waals surface area (Å²) in [7, 11) is 0. The highest BCUT2D eigenvalue weighted by Gasteiger charge is 2.31. The molecule has 1 saturated heterocycles. The minimum atomic E-state index is -0.246. The molecule has 1 aromatic carbocycles. The number of nitrogens with zero attached hydrogens (tertiary/aromatic N) is 1. The number of esters is 1. The first-order chi connectivity index (χ1) is 11.6. The number of benzene rings is 1. The fourth-order valence-electron chi connectivity index (χ4n) is 2.13. The van der Waals surface area contributed by atoms with Gasteiger partial charge in [0.2, 0.25) is 0 Å². The van der Waals surface area contributed by atoms with Crippen LogP contribution in [0.15, 0.2) is 47.4 Å². The molecule has 0 saturated carbocycles. The van der Waals surface area contributed by atoms with Crippen LogP contribution in [0, 0.1) is 0 Å². The van der Waals surface area contributed by atoms with E-state index < -0.39 is 0 Å². The van der Waals surface area contributed by atoms with E-state index in [1.807, 2.05) is 42.5 Å². The summed E-state index contributed by atoms with van der Waals surface area (Å²) in [5, 5.41) is 0. The van der Waals surface area contributed by atoms with Crippen molar-refractivity contribution in [3.63, 3.8) is 0 Å². The molecule has 1 aromatic rings. The van der Waals surface area contributed by atoms with Crippen LogP contribution in [0.3, 0.4) is 0 Å². The first-order valence-corrected chi connectivity index (χ1v) is 8.97. The van der Waals surface area contributed by atoms with Crippen molar-refractivity contribution in [2.75, 3.05) is 13.2 Å². The molecule has 1 amide bonds. The van der Waals surface area contributed by atoms with Crippen molar-refractivity contribution in [3.05, 3.63) is 53.0 Å². The maximum Gasteiger partial charge on any atom is 0.305 e. The van der Waals surface area contributed by atoms with Crippen LogP contribution in [-0.2, 0) is 14.3 Å². The molecule has 1 aliphatic heterocycles. The lowest BCUT2D eigenvalue weighted by atomic mass is 10.2. The quantitative estimate of drug-likeness (QED) is 0.420. The zero-order valence-electron chi connectivity index (χ0n) is 13.4. The fraction of sp³-hybridized carbons (Fsp3) is 0.278. The van der Waals surface area contributed by atoms with Gasteiger partial charge < -0.3 is 4.74 Å². The van der Waals surface area contributed by atoms with Crippen LogP contribution in [0.4, 0.5) is 0 Å². The Morgan fingerprint density at radius 2 is 2.08 bits per heavy atom. The Kier molecular flexibility index (Phi) is 7.21. The lowest BCUT2D eigenvalue weighted by molar-refractivity contribution is -0.143. The largest absolute Gasteiger partial charge is 0.466 e. The van der Waals surface area contributed by atoms with Crippen LogP contribution in [0.25, 0.3) is 6.08 Å². The van der Waals surface area contributed by atoms with E-state index in [0.29, 0.717) is 28.8 Å². The molecule has 0 atom stereocenters. The van der Waals surface area contributed by atoms with Gasteiger partial charge in [-0.1, -0.05) is 66.5 Å². The standard InChI is InChI=1S/C18H19NO3S2/c1-2-22-16(20)12-7-13-19-17(21)15(24-18(19)23)11-6-10-14-8-4-3-5-9-14/h3-6,8-11H,2,7,12-13H2,1H3. The summed E-state index contributed by atoms with van der Waals surface area (Å²) in [5.74, 6) is -0.351. The summed E-state index contributed by atoms with van der Waals surface area (Å²) in [6, 6.07) is 9.86. The monoisotopic (exact) mass is 361 g/mol. The maximum atomic E-state index is 12.4. The van der Waals surface area contributed by atoms with Crippen LogP contribution in [0.5, 0.6) is 0 Å². The van der Waals surface area contributed by atoms with E-state index in [1.165, 1.54) is 11.8 Å². The minimum absolute atomic E-state index is 0.105.